The zero-order valence-corrected chi connectivity index (χ0v) is 14.7. The van der Waals surface area contributed by atoms with Crippen LogP contribution in [0.3, 0.4) is 0 Å². The molecule has 4 heteroatoms. The first kappa shape index (κ1) is 17.0. The Morgan fingerprint density at radius 3 is 2.71 bits per heavy atom. The van der Waals surface area contributed by atoms with E-state index in [2.05, 4.69) is 24.0 Å². The molecule has 0 aliphatic heterocycles. The van der Waals surface area contributed by atoms with Gasteiger partial charge in [0.1, 0.15) is 5.82 Å². The van der Waals surface area contributed by atoms with E-state index in [1.807, 2.05) is 12.1 Å². The molecule has 3 rings (SSSR count). The zero-order valence-electron chi connectivity index (χ0n) is 14.7. The molecule has 1 aromatic carbocycles. The molecule has 1 heterocycles. The van der Waals surface area contributed by atoms with Crippen LogP contribution in [0.25, 0.3) is 11.3 Å². The molecule has 1 aliphatic rings. The van der Waals surface area contributed by atoms with Gasteiger partial charge in [-0.05, 0) is 55.4 Å². The van der Waals surface area contributed by atoms with Crippen molar-refractivity contribution in [3.63, 3.8) is 0 Å². The normalized spacial score (nSPS) is 23.1. The van der Waals surface area contributed by atoms with Crippen LogP contribution in [-0.4, -0.2) is 23.9 Å². The van der Waals surface area contributed by atoms with Crippen LogP contribution in [0.15, 0.2) is 30.3 Å². The van der Waals surface area contributed by atoms with Gasteiger partial charge in [-0.15, -0.1) is 0 Å². The number of aromatic nitrogens is 2. The molecular weight excluding hydrogens is 303 g/mol. The number of nitrogens with zero attached hydrogens (tertiary/aromatic N) is 2. The predicted molar refractivity (Wildman–Crippen MR) is 93.5 cm³/mol. The molecule has 0 radical (unpaired) electrons. The maximum Gasteiger partial charge on any atom is 0.132 e. The van der Waals surface area contributed by atoms with Gasteiger partial charge in [0.25, 0.3) is 0 Å². The zero-order chi connectivity index (χ0) is 17.2. The van der Waals surface area contributed by atoms with Crippen molar-refractivity contribution in [2.24, 2.45) is 0 Å². The minimum atomic E-state index is -0.255. The first-order valence-electron chi connectivity index (χ1n) is 8.77. The highest BCUT2D eigenvalue weighted by Gasteiger charge is 2.40. The summed E-state index contributed by atoms with van der Waals surface area (Å²) in [4.78, 5) is 0. The monoisotopic (exact) mass is 328 g/mol. The van der Waals surface area contributed by atoms with Crippen LogP contribution in [0.2, 0.25) is 0 Å². The van der Waals surface area contributed by atoms with Crippen molar-refractivity contribution >= 4 is 0 Å². The SMILES string of the molecule is CC[C@H]1CC[C@](CC)(COC)c2nnc(-c3ccccc3F)cc21. The van der Waals surface area contributed by atoms with E-state index in [1.165, 1.54) is 11.6 Å². The molecular formula is C20H25FN2O. The molecule has 2 atom stereocenters. The smallest absolute Gasteiger partial charge is 0.132 e. The van der Waals surface area contributed by atoms with E-state index in [4.69, 9.17) is 4.74 Å². The lowest BCUT2D eigenvalue weighted by Gasteiger charge is -2.39. The van der Waals surface area contributed by atoms with Crippen LogP contribution < -0.4 is 0 Å². The molecule has 2 aromatic rings. The molecule has 1 aliphatic carbocycles. The van der Waals surface area contributed by atoms with Gasteiger partial charge in [0.15, 0.2) is 0 Å². The van der Waals surface area contributed by atoms with Crippen LogP contribution in [0.5, 0.6) is 0 Å². The topological polar surface area (TPSA) is 35.0 Å². The molecule has 1 aromatic heterocycles. The average Bonchev–Trinajstić information content (AvgIpc) is 2.62. The molecule has 24 heavy (non-hydrogen) atoms. The Kier molecular flexibility index (Phi) is 4.95. The van der Waals surface area contributed by atoms with Gasteiger partial charge in [0.05, 0.1) is 18.0 Å². The summed E-state index contributed by atoms with van der Waals surface area (Å²) in [6, 6.07) is 8.80. The van der Waals surface area contributed by atoms with Crippen molar-refractivity contribution in [3.8, 4) is 11.3 Å². The summed E-state index contributed by atoms with van der Waals surface area (Å²) in [7, 11) is 1.74. The highest BCUT2D eigenvalue weighted by Crippen LogP contribution is 2.45. The van der Waals surface area contributed by atoms with E-state index in [-0.39, 0.29) is 11.2 Å². The van der Waals surface area contributed by atoms with Crippen LogP contribution in [0.1, 0.15) is 56.7 Å². The van der Waals surface area contributed by atoms with Crippen LogP contribution in [-0.2, 0) is 10.2 Å². The van der Waals surface area contributed by atoms with E-state index >= 15 is 0 Å². The highest BCUT2D eigenvalue weighted by atomic mass is 19.1. The summed E-state index contributed by atoms with van der Waals surface area (Å²) < 4.78 is 19.6. The molecule has 0 unspecified atom stereocenters. The third kappa shape index (κ3) is 2.84. The molecule has 3 nitrogen and oxygen atoms in total. The molecule has 0 spiro atoms. The van der Waals surface area contributed by atoms with E-state index in [0.29, 0.717) is 23.8 Å². The van der Waals surface area contributed by atoms with Gasteiger partial charge in [0.2, 0.25) is 0 Å². The summed E-state index contributed by atoms with van der Waals surface area (Å²) in [5.41, 5.74) is 3.33. The maximum absolute atomic E-state index is 14.1. The standard InChI is InChI=1S/C20H25FN2O/c1-4-14-10-11-20(5-2,13-24-3)19-16(14)12-18(22-23-19)15-8-6-7-9-17(15)21/h6-9,12,14H,4-5,10-11,13H2,1-3H3/t14-,20+/m0/s1. The van der Waals surface area contributed by atoms with Crippen LogP contribution in [0, 0.1) is 5.82 Å². The molecule has 0 fully saturated rings. The van der Waals surface area contributed by atoms with Crippen molar-refractivity contribution in [1.29, 1.82) is 0 Å². The Bertz CT molecular complexity index is 719. The fourth-order valence-corrected chi connectivity index (χ4v) is 3.94. The second kappa shape index (κ2) is 6.98. The fourth-order valence-electron chi connectivity index (χ4n) is 3.94. The second-order valence-electron chi connectivity index (χ2n) is 6.72. The summed E-state index contributed by atoms with van der Waals surface area (Å²) in [6.45, 7) is 5.04. The largest absolute Gasteiger partial charge is 0.384 e. The number of hydrogen-bond acceptors (Lipinski definition) is 3. The Hall–Kier alpha value is -1.81. The summed E-state index contributed by atoms with van der Waals surface area (Å²) in [6.07, 6.45) is 4.21. The number of fused-ring (bicyclic) bond motifs is 1. The van der Waals surface area contributed by atoms with E-state index < -0.39 is 0 Å². The number of rotatable bonds is 5. The minimum Gasteiger partial charge on any atom is -0.384 e. The van der Waals surface area contributed by atoms with Crippen molar-refractivity contribution < 1.29 is 9.13 Å². The third-order valence-electron chi connectivity index (χ3n) is 5.48. The lowest BCUT2D eigenvalue weighted by molar-refractivity contribution is 0.108. The summed E-state index contributed by atoms with van der Waals surface area (Å²) >= 11 is 0. The van der Waals surface area contributed by atoms with Gasteiger partial charge >= 0.3 is 0 Å². The lowest BCUT2D eigenvalue weighted by atomic mass is 9.67. The Balaban J connectivity index is 2.13. The number of halogens is 1. The predicted octanol–water partition coefficient (Wildman–Crippen LogP) is 4.86. The molecule has 128 valence electrons. The molecule has 0 saturated heterocycles. The molecule has 0 amide bonds. The first-order valence-corrected chi connectivity index (χ1v) is 8.77. The minimum absolute atomic E-state index is 0.0729. The van der Waals surface area contributed by atoms with Gasteiger partial charge in [0, 0.05) is 18.1 Å². The Morgan fingerprint density at radius 2 is 2.04 bits per heavy atom. The fraction of sp³-hybridized carbons (Fsp3) is 0.500. The van der Waals surface area contributed by atoms with Crippen LogP contribution in [0.4, 0.5) is 4.39 Å². The lowest BCUT2D eigenvalue weighted by Crippen LogP contribution is -2.37. The second-order valence-corrected chi connectivity index (χ2v) is 6.72. The number of ether oxygens (including phenoxy) is 1. The third-order valence-corrected chi connectivity index (χ3v) is 5.48. The number of benzene rings is 1. The molecule has 0 bridgehead atoms. The maximum atomic E-state index is 14.1. The average molecular weight is 328 g/mol. The summed E-state index contributed by atoms with van der Waals surface area (Å²) in [5.74, 6) is 0.201. The number of methoxy groups -OCH3 is 1. The molecule has 0 N–H and O–H groups in total. The van der Waals surface area contributed by atoms with Crippen molar-refractivity contribution in [2.45, 2.75) is 50.9 Å². The van der Waals surface area contributed by atoms with Crippen molar-refractivity contribution in [2.75, 3.05) is 13.7 Å². The first-order chi connectivity index (χ1) is 11.6. The van der Waals surface area contributed by atoms with Crippen molar-refractivity contribution in [1.82, 2.24) is 10.2 Å². The quantitative estimate of drug-likeness (QED) is 0.786. The van der Waals surface area contributed by atoms with Gasteiger partial charge in [-0.25, -0.2) is 4.39 Å². The van der Waals surface area contributed by atoms with Gasteiger partial charge in [-0.2, -0.15) is 10.2 Å². The van der Waals surface area contributed by atoms with Gasteiger partial charge < -0.3 is 4.74 Å². The van der Waals surface area contributed by atoms with Gasteiger partial charge in [-0.1, -0.05) is 26.0 Å². The van der Waals surface area contributed by atoms with E-state index in [1.54, 1.807) is 19.2 Å². The highest BCUT2D eigenvalue weighted by molar-refractivity contribution is 5.61. The number of hydrogen-bond donors (Lipinski definition) is 0. The van der Waals surface area contributed by atoms with E-state index in [0.717, 1.165) is 31.4 Å². The van der Waals surface area contributed by atoms with Crippen molar-refractivity contribution in [3.05, 3.63) is 47.4 Å². The molecule has 0 saturated carbocycles. The van der Waals surface area contributed by atoms with Crippen LogP contribution >= 0.6 is 0 Å². The van der Waals surface area contributed by atoms with E-state index in [9.17, 15) is 4.39 Å². The Morgan fingerprint density at radius 1 is 1.25 bits per heavy atom. The summed E-state index contributed by atoms with van der Waals surface area (Å²) in [5, 5.41) is 8.95. The Labute approximate surface area is 143 Å². The van der Waals surface area contributed by atoms with Gasteiger partial charge in [-0.3, -0.25) is 0 Å².